The monoisotopic (exact) mass is 1200 g/mol. The van der Waals surface area contributed by atoms with Crippen molar-refractivity contribution in [3.63, 3.8) is 0 Å². The number of aliphatic hydroxyl groups excluding tert-OH is 2. The molecule has 0 aliphatic carbocycles. The summed E-state index contributed by atoms with van der Waals surface area (Å²) in [5.74, 6) is -0.00610. The first-order valence-electron chi connectivity index (χ1n) is 39.4. The maximum absolute atomic E-state index is 12.6. The molecule has 0 aliphatic heterocycles. The Balaban J connectivity index is 3.35. The minimum Gasteiger partial charge on any atom is -0.466 e. The Labute approximate surface area is 533 Å². The molecule has 6 heteroatoms. The molecule has 506 valence electrons. The fourth-order valence-electron chi connectivity index (χ4n) is 12.8. The summed E-state index contributed by atoms with van der Waals surface area (Å²) in [6.45, 7) is 5.01. The first-order valence-corrected chi connectivity index (χ1v) is 39.4. The number of allylic oxidation sites excluding steroid dienone is 2. The lowest BCUT2D eigenvalue weighted by Crippen LogP contribution is -2.45. The fourth-order valence-corrected chi connectivity index (χ4v) is 12.8. The number of hydrogen-bond donors (Lipinski definition) is 3. The number of amides is 1. The van der Waals surface area contributed by atoms with E-state index in [2.05, 4.69) is 31.3 Å². The second-order valence-corrected chi connectivity index (χ2v) is 27.4. The topological polar surface area (TPSA) is 95.9 Å². The summed E-state index contributed by atoms with van der Waals surface area (Å²) in [6, 6.07) is -0.541. The Morgan fingerprint density at radius 2 is 0.553 bits per heavy atom. The minimum atomic E-state index is -0.664. The Kier molecular flexibility index (Phi) is 73.8. The molecule has 0 aromatic heterocycles. The van der Waals surface area contributed by atoms with Gasteiger partial charge in [0.1, 0.15) is 0 Å². The highest BCUT2D eigenvalue weighted by Gasteiger charge is 2.20. The number of nitrogens with one attached hydrogen (secondary N) is 1. The first-order chi connectivity index (χ1) is 42.0. The van der Waals surface area contributed by atoms with E-state index < -0.39 is 12.1 Å². The highest BCUT2D eigenvalue weighted by Crippen LogP contribution is 2.20. The normalized spacial score (nSPS) is 12.5. The summed E-state index contributed by atoms with van der Waals surface area (Å²) >= 11 is 0. The van der Waals surface area contributed by atoms with Gasteiger partial charge in [0, 0.05) is 12.8 Å². The smallest absolute Gasteiger partial charge is 0.305 e. The highest BCUT2D eigenvalue weighted by atomic mass is 16.5. The number of carbonyl (C=O) groups is 2. The zero-order chi connectivity index (χ0) is 61.3. The van der Waals surface area contributed by atoms with Crippen LogP contribution >= 0.6 is 0 Å². The second kappa shape index (κ2) is 75.1. The quantitative estimate of drug-likeness (QED) is 0.0320. The van der Waals surface area contributed by atoms with E-state index >= 15 is 0 Å². The SMILES string of the molecule is CCCCCCCCCCCCCCCCCCCCCCC(O)C(CO)NC(=O)CCCCCCCCCCCCCCC/C=C\CCCCCCCCCCCCCCOC(=O)CCCCCCCCCCCCCCCCCCCCC. The molecule has 0 fully saturated rings. The van der Waals surface area contributed by atoms with Crippen molar-refractivity contribution in [3.05, 3.63) is 12.2 Å². The predicted molar refractivity (Wildman–Crippen MR) is 375 cm³/mol. The van der Waals surface area contributed by atoms with Gasteiger partial charge in [0.2, 0.25) is 5.91 Å². The molecule has 0 saturated heterocycles. The molecular formula is C79H155NO5. The van der Waals surface area contributed by atoms with E-state index in [0.29, 0.717) is 25.9 Å². The van der Waals surface area contributed by atoms with E-state index in [1.54, 1.807) is 0 Å². The van der Waals surface area contributed by atoms with Crippen molar-refractivity contribution in [1.82, 2.24) is 5.32 Å². The molecule has 2 atom stereocenters. The van der Waals surface area contributed by atoms with Gasteiger partial charge in [-0.1, -0.05) is 405 Å². The molecule has 0 heterocycles. The third-order valence-electron chi connectivity index (χ3n) is 18.8. The van der Waals surface area contributed by atoms with Crippen LogP contribution < -0.4 is 5.32 Å². The predicted octanol–water partition coefficient (Wildman–Crippen LogP) is 25.9. The summed E-state index contributed by atoms with van der Waals surface area (Å²) in [4.78, 5) is 24.7. The van der Waals surface area contributed by atoms with E-state index in [0.717, 1.165) is 38.5 Å². The fraction of sp³-hybridized carbons (Fsp3) is 0.949. The molecule has 85 heavy (non-hydrogen) atoms. The number of unbranched alkanes of at least 4 members (excludes halogenated alkanes) is 62. The van der Waals surface area contributed by atoms with Gasteiger partial charge in [0.05, 0.1) is 25.4 Å². The largest absolute Gasteiger partial charge is 0.466 e. The van der Waals surface area contributed by atoms with Crippen molar-refractivity contribution in [1.29, 1.82) is 0 Å². The first kappa shape index (κ1) is 83.6. The summed E-state index contributed by atoms with van der Waals surface area (Å²) in [5, 5.41) is 23.4. The number of rotatable bonds is 75. The Hall–Kier alpha value is -1.40. The zero-order valence-electron chi connectivity index (χ0n) is 58.1. The molecule has 0 radical (unpaired) electrons. The van der Waals surface area contributed by atoms with Gasteiger partial charge in [-0.3, -0.25) is 9.59 Å². The Bertz CT molecular complexity index is 1290. The third-order valence-corrected chi connectivity index (χ3v) is 18.8. The van der Waals surface area contributed by atoms with Crippen molar-refractivity contribution in [2.75, 3.05) is 13.2 Å². The van der Waals surface area contributed by atoms with Crippen LogP contribution in [0.4, 0.5) is 0 Å². The molecule has 0 bridgehead atoms. The van der Waals surface area contributed by atoms with Crippen molar-refractivity contribution in [3.8, 4) is 0 Å². The van der Waals surface area contributed by atoms with Crippen LogP contribution in [0.1, 0.15) is 457 Å². The van der Waals surface area contributed by atoms with Crippen LogP contribution in [0.2, 0.25) is 0 Å². The van der Waals surface area contributed by atoms with Crippen LogP contribution in [0.25, 0.3) is 0 Å². The molecule has 0 aromatic carbocycles. The zero-order valence-corrected chi connectivity index (χ0v) is 58.1. The number of ether oxygens (including phenoxy) is 1. The molecule has 0 rings (SSSR count). The van der Waals surface area contributed by atoms with Gasteiger partial charge >= 0.3 is 5.97 Å². The molecular weight excluding hydrogens is 1040 g/mol. The van der Waals surface area contributed by atoms with Crippen LogP contribution in [0, 0.1) is 0 Å². The highest BCUT2D eigenvalue weighted by molar-refractivity contribution is 5.76. The Morgan fingerprint density at radius 3 is 0.835 bits per heavy atom. The standard InChI is InChI=1S/C79H155NO5/c1-3-5-7-9-11-13-15-17-19-21-23-36-39-43-47-51-55-59-63-67-71-77(82)76(75-81)80-78(83)72-68-64-60-56-52-48-44-40-37-33-31-29-27-25-24-26-28-30-32-34-38-42-46-50-54-58-62-66-70-74-85-79(84)73-69-65-61-57-53-49-45-41-35-22-20-18-16-14-12-10-8-6-4-2/h24,26,76-77,81-82H,3-23,25,27-75H2,1-2H3,(H,80,83)/b26-24-. The molecule has 0 spiro atoms. The number of carbonyl (C=O) groups excluding carboxylic acids is 2. The average Bonchev–Trinajstić information content (AvgIpc) is 3.51. The second-order valence-electron chi connectivity index (χ2n) is 27.4. The van der Waals surface area contributed by atoms with Gasteiger partial charge in [-0.25, -0.2) is 0 Å². The van der Waals surface area contributed by atoms with E-state index in [4.69, 9.17) is 4.74 Å². The molecule has 1 amide bonds. The molecule has 3 N–H and O–H groups in total. The van der Waals surface area contributed by atoms with Crippen LogP contribution in [-0.2, 0) is 14.3 Å². The number of hydrogen-bond acceptors (Lipinski definition) is 5. The Morgan fingerprint density at radius 1 is 0.318 bits per heavy atom. The minimum absolute atomic E-state index is 0.0227. The summed E-state index contributed by atoms with van der Waals surface area (Å²) in [5.41, 5.74) is 0. The van der Waals surface area contributed by atoms with Crippen molar-refractivity contribution in [2.45, 2.75) is 469 Å². The molecule has 6 nitrogen and oxygen atoms in total. The third kappa shape index (κ3) is 71.6. The van der Waals surface area contributed by atoms with Crippen LogP contribution in [0.3, 0.4) is 0 Å². The van der Waals surface area contributed by atoms with E-state index in [-0.39, 0.29) is 18.5 Å². The van der Waals surface area contributed by atoms with Gasteiger partial charge in [-0.05, 0) is 51.4 Å². The van der Waals surface area contributed by atoms with E-state index in [1.807, 2.05) is 0 Å². The van der Waals surface area contributed by atoms with Gasteiger partial charge < -0.3 is 20.3 Å². The maximum Gasteiger partial charge on any atom is 0.305 e. The van der Waals surface area contributed by atoms with Gasteiger partial charge in [-0.15, -0.1) is 0 Å². The van der Waals surface area contributed by atoms with Gasteiger partial charge in [0.25, 0.3) is 0 Å². The van der Waals surface area contributed by atoms with Crippen LogP contribution in [0.5, 0.6) is 0 Å². The van der Waals surface area contributed by atoms with Gasteiger partial charge in [0.15, 0.2) is 0 Å². The summed E-state index contributed by atoms with van der Waals surface area (Å²) < 4.78 is 5.52. The van der Waals surface area contributed by atoms with Crippen LogP contribution in [-0.4, -0.2) is 47.4 Å². The molecule has 2 unspecified atom stereocenters. The number of aliphatic hydroxyl groups is 2. The molecule has 0 aliphatic rings. The van der Waals surface area contributed by atoms with Gasteiger partial charge in [-0.2, -0.15) is 0 Å². The maximum atomic E-state index is 12.6. The summed E-state index contributed by atoms with van der Waals surface area (Å²) in [6.07, 6.45) is 94.4. The average molecular weight is 1200 g/mol. The van der Waals surface area contributed by atoms with E-state index in [1.165, 1.54) is 385 Å². The lowest BCUT2D eigenvalue weighted by Gasteiger charge is -2.22. The van der Waals surface area contributed by atoms with E-state index in [9.17, 15) is 19.8 Å². The summed E-state index contributed by atoms with van der Waals surface area (Å²) in [7, 11) is 0. The van der Waals surface area contributed by atoms with Crippen molar-refractivity contribution in [2.24, 2.45) is 0 Å². The lowest BCUT2D eigenvalue weighted by molar-refractivity contribution is -0.143. The lowest BCUT2D eigenvalue weighted by atomic mass is 10.0. The molecule has 0 saturated carbocycles. The van der Waals surface area contributed by atoms with Crippen molar-refractivity contribution < 1.29 is 24.5 Å². The number of esters is 1. The van der Waals surface area contributed by atoms with Crippen LogP contribution in [0.15, 0.2) is 12.2 Å². The van der Waals surface area contributed by atoms with Crippen molar-refractivity contribution >= 4 is 11.9 Å². The molecule has 0 aromatic rings.